The number of nitrogens with zero attached hydrogens (tertiary/aromatic N) is 1. The van der Waals surface area contributed by atoms with Gasteiger partial charge in [-0.1, -0.05) is 68.1 Å². The third kappa shape index (κ3) is 9.24. The van der Waals surface area contributed by atoms with Crippen LogP contribution in [-0.4, -0.2) is 52.7 Å². The predicted molar refractivity (Wildman–Crippen MR) is 160 cm³/mol. The van der Waals surface area contributed by atoms with Gasteiger partial charge >= 0.3 is 6.09 Å². The fraction of sp³-hybridized carbons (Fsp3) is 0.516. The molecule has 2 aromatic rings. The number of halogens is 1. The second-order valence-electron chi connectivity index (χ2n) is 11.1. The number of hydrogen-bond donors (Lipinski definition) is 3. The number of carbonyl (C=O) groups excluding carboxylic acids is 3. The average molecular weight is 574 g/mol. The maximum atomic E-state index is 14.1. The number of para-hydroxylation sites is 1. The summed E-state index contributed by atoms with van der Waals surface area (Å²) in [6, 6.07) is 8.61. The molecule has 0 saturated carbocycles. The molecule has 40 heavy (non-hydrogen) atoms. The van der Waals surface area contributed by atoms with Gasteiger partial charge in [0.2, 0.25) is 5.91 Å². The van der Waals surface area contributed by atoms with Gasteiger partial charge in [-0.2, -0.15) is 0 Å². The maximum Gasteiger partial charge on any atom is 0.408 e. The van der Waals surface area contributed by atoms with Crippen molar-refractivity contribution < 1.29 is 24.2 Å². The van der Waals surface area contributed by atoms with E-state index in [9.17, 15) is 19.5 Å². The Bertz CT molecular complexity index is 1160. The Morgan fingerprint density at radius 2 is 1.65 bits per heavy atom. The highest BCUT2D eigenvalue weighted by molar-refractivity contribution is 6.34. The lowest BCUT2D eigenvalue weighted by Crippen LogP contribution is -2.54. The molecule has 2 aromatic carbocycles. The van der Waals surface area contributed by atoms with Crippen molar-refractivity contribution >= 4 is 35.2 Å². The molecule has 2 atom stereocenters. The van der Waals surface area contributed by atoms with Crippen molar-refractivity contribution in [3.63, 3.8) is 0 Å². The molecule has 0 aliphatic carbocycles. The van der Waals surface area contributed by atoms with Gasteiger partial charge in [-0.15, -0.1) is 0 Å². The Hall–Kier alpha value is -3.10. The lowest BCUT2D eigenvalue weighted by atomic mass is 9.94. The van der Waals surface area contributed by atoms with E-state index < -0.39 is 42.2 Å². The molecule has 220 valence electrons. The van der Waals surface area contributed by atoms with E-state index in [1.807, 2.05) is 45.0 Å². The van der Waals surface area contributed by atoms with Gasteiger partial charge in [0.1, 0.15) is 17.7 Å². The summed E-state index contributed by atoms with van der Waals surface area (Å²) >= 11 is 6.43. The molecule has 2 unspecified atom stereocenters. The maximum absolute atomic E-state index is 14.1. The molecule has 0 spiro atoms. The zero-order chi connectivity index (χ0) is 30.0. The van der Waals surface area contributed by atoms with Crippen molar-refractivity contribution in [3.05, 3.63) is 63.7 Å². The molecule has 2 rings (SSSR count). The molecular weight excluding hydrogens is 530 g/mol. The molecule has 3 amide bonds. The van der Waals surface area contributed by atoms with Gasteiger partial charge in [0, 0.05) is 6.54 Å². The summed E-state index contributed by atoms with van der Waals surface area (Å²) in [5.41, 5.74) is 2.94. The van der Waals surface area contributed by atoms with E-state index in [2.05, 4.69) is 17.6 Å². The third-order valence-corrected chi connectivity index (χ3v) is 6.99. The van der Waals surface area contributed by atoms with Crippen LogP contribution < -0.4 is 10.6 Å². The SMILES string of the molecule is CCCCCCN(C(=O)C(CO)NC(=O)OC(C)(C)C)C(C(=O)Nc1c(C)cccc1Cl)c1cccc(C)c1C. The number of anilines is 1. The van der Waals surface area contributed by atoms with Gasteiger partial charge in [-0.3, -0.25) is 9.59 Å². The minimum absolute atomic E-state index is 0.248. The van der Waals surface area contributed by atoms with Crippen molar-refractivity contribution in [3.8, 4) is 0 Å². The molecule has 3 N–H and O–H groups in total. The standard InChI is InChI=1S/C31H44ClN3O5/c1-8-9-10-11-18-35(29(38)25(19-36)33-30(39)40-31(5,6)7)27(23-16-12-14-20(2)22(23)4)28(37)34-26-21(3)15-13-17-24(26)32/h12-17,25,27,36H,8-11,18-19H2,1-7H3,(H,33,39)(H,34,37). The molecule has 8 nitrogen and oxygen atoms in total. The molecule has 0 bridgehead atoms. The van der Waals surface area contributed by atoms with Gasteiger partial charge < -0.3 is 25.4 Å². The summed E-state index contributed by atoms with van der Waals surface area (Å²) in [4.78, 5) is 42.1. The van der Waals surface area contributed by atoms with E-state index in [1.165, 1.54) is 4.90 Å². The highest BCUT2D eigenvalue weighted by Crippen LogP contribution is 2.31. The number of nitrogens with one attached hydrogen (secondary N) is 2. The molecule has 0 aliphatic heterocycles. The molecule has 0 saturated heterocycles. The van der Waals surface area contributed by atoms with Crippen molar-refractivity contribution in [2.45, 2.75) is 91.8 Å². The van der Waals surface area contributed by atoms with Crippen LogP contribution >= 0.6 is 11.6 Å². The quantitative estimate of drug-likeness (QED) is 0.260. The first-order chi connectivity index (χ1) is 18.8. The first kappa shape index (κ1) is 33.1. The fourth-order valence-corrected chi connectivity index (χ4v) is 4.68. The van der Waals surface area contributed by atoms with Crippen molar-refractivity contribution in [1.29, 1.82) is 0 Å². The smallest absolute Gasteiger partial charge is 0.408 e. The van der Waals surface area contributed by atoms with E-state index >= 15 is 0 Å². The van der Waals surface area contributed by atoms with E-state index in [-0.39, 0.29) is 6.54 Å². The number of hydrogen-bond acceptors (Lipinski definition) is 5. The normalized spacial score (nSPS) is 12.8. The van der Waals surface area contributed by atoms with Crippen molar-refractivity contribution in [1.82, 2.24) is 10.2 Å². The Morgan fingerprint density at radius 3 is 2.25 bits per heavy atom. The molecule has 0 radical (unpaired) electrons. The van der Waals surface area contributed by atoms with Gasteiger partial charge in [-0.25, -0.2) is 4.79 Å². The van der Waals surface area contributed by atoms with Crippen molar-refractivity contribution in [2.75, 3.05) is 18.5 Å². The Labute approximate surface area is 243 Å². The second-order valence-corrected chi connectivity index (χ2v) is 11.5. The highest BCUT2D eigenvalue weighted by Gasteiger charge is 2.37. The topological polar surface area (TPSA) is 108 Å². The van der Waals surface area contributed by atoms with E-state index in [1.54, 1.807) is 32.9 Å². The molecule has 0 fully saturated rings. The van der Waals surface area contributed by atoms with E-state index in [0.29, 0.717) is 22.7 Å². The number of aliphatic hydroxyl groups excluding tert-OH is 1. The van der Waals surface area contributed by atoms with E-state index in [4.69, 9.17) is 16.3 Å². The number of aryl methyl sites for hydroxylation is 2. The van der Waals surface area contributed by atoms with Gasteiger partial charge in [0.25, 0.3) is 5.91 Å². The first-order valence-corrected chi connectivity index (χ1v) is 14.2. The van der Waals surface area contributed by atoms with Crippen LogP contribution in [0.25, 0.3) is 0 Å². The lowest BCUT2D eigenvalue weighted by Gasteiger charge is -2.35. The lowest BCUT2D eigenvalue weighted by molar-refractivity contribution is -0.141. The number of carbonyl (C=O) groups is 3. The van der Waals surface area contributed by atoms with Crippen LogP contribution in [-0.2, 0) is 14.3 Å². The summed E-state index contributed by atoms with van der Waals surface area (Å²) in [5, 5.41) is 16.0. The number of alkyl carbamates (subject to hydrolysis) is 1. The number of benzene rings is 2. The van der Waals surface area contributed by atoms with Crippen molar-refractivity contribution in [2.24, 2.45) is 0 Å². The number of ether oxygens (including phenoxy) is 1. The largest absolute Gasteiger partial charge is 0.444 e. The van der Waals surface area contributed by atoms with Gasteiger partial charge in [0.15, 0.2) is 0 Å². The van der Waals surface area contributed by atoms with Crippen LogP contribution in [0.4, 0.5) is 10.5 Å². The Kier molecular flexibility index (Phi) is 12.5. The molecular formula is C31H44ClN3O5. The number of rotatable bonds is 12. The summed E-state index contributed by atoms with van der Waals surface area (Å²) in [5.74, 6) is -1.02. The number of unbranched alkanes of at least 4 members (excludes halogenated alkanes) is 3. The Balaban J connectivity index is 2.58. The number of amides is 3. The predicted octanol–water partition coefficient (Wildman–Crippen LogP) is 6.24. The van der Waals surface area contributed by atoms with Gasteiger partial charge in [-0.05, 0) is 76.3 Å². The summed E-state index contributed by atoms with van der Waals surface area (Å²) in [6.07, 6.45) is 2.64. The molecule has 0 aliphatic rings. The molecule has 0 aromatic heterocycles. The fourth-order valence-electron chi connectivity index (χ4n) is 4.41. The van der Waals surface area contributed by atoms with Crippen LogP contribution in [0.15, 0.2) is 36.4 Å². The number of aliphatic hydroxyl groups is 1. The highest BCUT2D eigenvalue weighted by atomic mass is 35.5. The van der Waals surface area contributed by atoms with Gasteiger partial charge in [0.05, 0.1) is 17.3 Å². The second kappa shape index (κ2) is 15.1. The van der Waals surface area contributed by atoms with Crippen LogP contribution in [0.5, 0.6) is 0 Å². The average Bonchev–Trinajstić information content (AvgIpc) is 2.87. The minimum atomic E-state index is -1.30. The van der Waals surface area contributed by atoms with Crippen LogP contribution in [0.3, 0.4) is 0 Å². The minimum Gasteiger partial charge on any atom is -0.444 e. The summed E-state index contributed by atoms with van der Waals surface area (Å²) in [6.45, 7) is 12.5. The Morgan fingerprint density at radius 1 is 1.00 bits per heavy atom. The monoisotopic (exact) mass is 573 g/mol. The first-order valence-electron chi connectivity index (χ1n) is 13.8. The summed E-state index contributed by atoms with van der Waals surface area (Å²) < 4.78 is 5.32. The molecule has 0 heterocycles. The summed E-state index contributed by atoms with van der Waals surface area (Å²) in [7, 11) is 0. The molecule has 9 heteroatoms. The van der Waals surface area contributed by atoms with Crippen LogP contribution in [0.2, 0.25) is 5.02 Å². The third-order valence-electron chi connectivity index (χ3n) is 6.68. The van der Waals surface area contributed by atoms with E-state index in [0.717, 1.165) is 36.0 Å². The zero-order valence-corrected chi connectivity index (χ0v) is 25.5. The zero-order valence-electron chi connectivity index (χ0n) is 24.8. The van der Waals surface area contributed by atoms with Crippen LogP contribution in [0.1, 0.15) is 81.7 Å². The van der Waals surface area contributed by atoms with Crippen LogP contribution in [0, 0.1) is 20.8 Å².